The lowest BCUT2D eigenvalue weighted by Gasteiger charge is -2.28. The molecule has 5 nitrogen and oxygen atoms in total. The van der Waals surface area contributed by atoms with Crippen LogP contribution in [0.25, 0.3) is 5.65 Å². The maximum absolute atomic E-state index is 11.3. The second-order valence-electron chi connectivity index (χ2n) is 5.82. The lowest BCUT2D eigenvalue weighted by molar-refractivity contribution is -0.144. The summed E-state index contributed by atoms with van der Waals surface area (Å²) >= 11 is 0. The number of hydrogen-bond donors (Lipinski definition) is 2. The molecule has 0 bridgehead atoms. The van der Waals surface area contributed by atoms with E-state index in [0.717, 1.165) is 43.6 Å². The minimum absolute atomic E-state index is 0.188. The van der Waals surface area contributed by atoms with Crippen LogP contribution in [-0.2, 0) is 11.3 Å². The van der Waals surface area contributed by atoms with Crippen molar-refractivity contribution in [3.8, 4) is 0 Å². The van der Waals surface area contributed by atoms with Gasteiger partial charge in [-0.25, -0.2) is 4.98 Å². The molecular weight excluding hydrogens is 266 g/mol. The summed E-state index contributed by atoms with van der Waals surface area (Å²) < 4.78 is 2.00. The fourth-order valence-corrected chi connectivity index (χ4v) is 3.24. The van der Waals surface area contributed by atoms with Gasteiger partial charge < -0.3 is 14.8 Å². The van der Waals surface area contributed by atoms with Crippen molar-refractivity contribution in [2.24, 2.45) is 11.8 Å². The van der Waals surface area contributed by atoms with Crippen LogP contribution in [0, 0.1) is 11.8 Å². The number of nitrogens with one attached hydrogen (secondary N) is 1. The van der Waals surface area contributed by atoms with Gasteiger partial charge in [-0.1, -0.05) is 18.9 Å². The molecule has 1 fully saturated rings. The van der Waals surface area contributed by atoms with Crippen LogP contribution in [-0.4, -0.2) is 27.0 Å². The number of aliphatic carboxylic acids is 1. The third-order valence-corrected chi connectivity index (χ3v) is 4.35. The first-order chi connectivity index (χ1) is 10.2. The van der Waals surface area contributed by atoms with Gasteiger partial charge in [-0.15, -0.1) is 0 Å². The van der Waals surface area contributed by atoms with Gasteiger partial charge in [-0.05, 0) is 37.4 Å². The van der Waals surface area contributed by atoms with Gasteiger partial charge in [0, 0.05) is 18.9 Å². The summed E-state index contributed by atoms with van der Waals surface area (Å²) in [5, 5.41) is 12.7. The van der Waals surface area contributed by atoms with Gasteiger partial charge in [-0.3, -0.25) is 4.79 Å². The Bertz CT molecular complexity index is 590. The highest BCUT2D eigenvalue weighted by Gasteiger charge is 2.30. The molecule has 21 heavy (non-hydrogen) atoms. The molecule has 2 unspecified atom stereocenters. The molecule has 112 valence electrons. The Labute approximate surface area is 124 Å². The van der Waals surface area contributed by atoms with Crippen molar-refractivity contribution >= 4 is 11.6 Å². The monoisotopic (exact) mass is 287 g/mol. The average Bonchev–Trinajstić information content (AvgIpc) is 2.90. The average molecular weight is 287 g/mol. The van der Waals surface area contributed by atoms with E-state index in [0.29, 0.717) is 6.54 Å². The van der Waals surface area contributed by atoms with E-state index >= 15 is 0 Å². The van der Waals surface area contributed by atoms with Gasteiger partial charge in [0.2, 0.25) is 0 Å². The summed E-state index contributed by atoms with van der Waals surface area (Å²) in [7, 11) is 0. The van der Waals surface area contributed by atoms with Gasteiger partial charge in [0.25, 0.3) is 0 Å². The zero-order valence-electron chi connectivity index (χ0n) is 12.0. The summed E-state index contributed by atoms with van der Waals surface area (Å²) in [6.07, 6.45) is 8.00. The highest BCUT2D eigenvalue weighted by Crippen LogP contribution is 2.29. The van der Waals surface area contributed by atoms with Gasteiger partial charge in [0.15, 0.2) is 0 Å². The van der Waals surface area contributed by atoms with Crippen molar-refractivity contribution < 1.29 is 9.90 Å². The van der Waals surface area contributed by atoms with Crippen LogP contribution in [0.3, 0.4) is 0 Å². The number of carboxylic acid groups (broad SMARTS) is 1. The van der Waals surface area contributed by atoms with E-state index in [4.69, 9.17) is 0 Å². The molecular formula is C16H21N3O2. The second kappa shape index (κ2) is 6.26. The van der Waals surface area contributed by atoms with Crippen LogP contribution < -0.4 is 5.32 Å². The molecule has 3 rings (SSSR count). The number of carboxylic acids is 1. The Kier molecular flexibility index (Phi) is 4.20. The quantitative estimate of drug-likeness (QED) is 0.885. The molecule has 2 aromatic heterocycles. The molecule has 0 saturated heterocycles. The molecule has 5 heteroatoms. The zero-order chi connectivity index (χ0) is 14.7. The van der Waals surface area contributed by atoms with Crippen LogP contribution in [0.1, 0.15) is 31.4 Å². The minimum atomic E-state index is -0.644. The fraction of sp³-hybridized carbons (Fsp3) is 0.500. The first-order valence-corrected chi connectivity index (χ1v) is 7.60. The molecule has 1 saturated carbocycles. The number of pyridine rings is 1. The molecule has 2 aromatic rings. The first kappa shape index (κ1) is 14.1. The van der Waals surface area contributed by atoms with Crippen molar-refractivity contribution in [1.29, 1.82) is 0 Å². The highest BCUT2D eigenvalue weighted by molar-refractivity contribution is 5.70. The smallest absolute Gasteiger partial charge is 0.306 e. The predicted molar refractivity (Wildman–Crippen MR) is 80.0 cm³/mol. The van der Waals surface area contributed by atoms with Crippen molar-refractivity contribution in [2.75, 3.05) is 6.54 Å². The van der Waals surface area contributed by atoms with Crippen LogP contribution >= 0.6 is 0 Å². The molecule has 0 amide bonds. The SMILES string of the molecule is O=C(O)C1CCCCC1CNCc1cn2ccccc2n1. The number of hydrogen-bond acceptors (Lipinski definition) is 3. The lowest BCUT2D eigenvalue weighted by Crippen LogP contribution is -2.34. The molecule has 2 atom stereocenters. The number of nitrogens with zero attached hydrogens (tertiary/aromatic N) is 2. The Morgan fingerprint density at radius 3 is 3.05 bits per heavy atom. The molecule has 1 aliphatic carbocycles. The zero-order valence-corrected chi connectivity index (χ0v) is 12.0. The topological polar surface area (TPSA) is 66.6 Å². The van der Waals surface area contributed by atoms with Crippen molar-refractivity contribution in [2.45, 2.75) is 32.2 Å². The minimum Gasteiger partial charge on any atom is -0.481 e. The van der Waals surface area contributed by atoms with Gasteiger partial charge in [0.1, 0.15) is 5.65 Å². The summed E-state index contributed by atoms with van der Waals surface area (Å²) in [4.78, 5) is 15.8. The van der Waals surface area contributed by atoms with Crippen LogP contribution in [0.15, 0.2) is 30.6 Å². The van der Waals surface area contributed by atoms with E-state index in [-0.39, 0.29) is 11.8 Å². The van der Waals surface area contributed by atoms with Crippen molar-refractivity contribution in [3.63, 3.8) is 0 Å². The van der Waals surface area contributed by atoms with E-state index in [1.807, 2.05) is 35.0 Å². The summed E-state index contributed by atoms with van der Waals surface area (Å²) in [6, 6.07) is 5.93. The molecule has 1 aliphatic rings. The van der Waals surface area contributed by atoms with Crippen LogP contribution in [0.4, 0.5) is 0 Å². The largest absolute Gasteiger partial charge is 0.481 e. The molecule has 2 N–H and O–H groups in total. The number of carbonyl (C=O) groups is 1. The number of fused-ring (bicyclic) bond motifs is 1. The third-order valence-electron chi connectivity index (χ3n) is 4.35. The van der Waals surface area contributed by atoms with Gasteiger partial charge in [0.05, 0.1) is 11.6 Å². The van der Waals surface area contributed by atoms with Crippen molar-refractivity contribution in [3.05, 3.63) is 36.3 Å². The first-order valence-electron chi connectivity index (χ1n) is 7.60. The molecule has 0 aromatic carbocycles. The lowest BCUT2D eigenvalue weighted by atomic mass is 9.79. The van der Waals surface area contributed by atoms with E-state index in [1.54, 1.807) is 0 Å². The number of rotatable bonds is 5. The van der Waals surface area contributed by atoms with E-state index < -0.39 is 5.97 Å². The standard InChI is InChI=1S/C16H21N3O2/c20-16(21)14-6-2-1-5-12(14)9-17-10-13-11-19-8-4-3-7-15(19)18-13/h3-4,7-8,11-12,14,17H,1-2,5-6,9-10H2,(H,20,21). The maximum Gasteiger partial charge on any atom is 0.306 e. The van der Waals surface area contributed by atoms with Gasteiger partial charge in [-0.2, -0.15) is 0 Å². The van der Waals surface area contributed by atoms with E-state index in [2.05, 4.69) is 10.3 Å². The summed E-state index contributed by atoms with van der Waals surface area (Å²) in [5.41, 5.74) is 1.93. The van der Waals surface area contributed by atoms with E-state index in [1.165, 1.54) is 0 Å². The van der Waals surface area contributed by atoms with Crippen LogP contribution in [0.5, 0.6) is 0 Å². The summed E-state index contributed by atoms with van der Waals surface area (Å²) in [6.45, 7) is 1.44. The molecule has 0 spiro atoms. The Hall–Kier alpha value is -1.88. The maximum atomic E-state index is 11.3. The normalized spacial score (nSPS) is 22.5. The van der Waals surface area contributed by atoms with Crippen LogP contribution in [0.2, 0.25) is 0 Å². The molecule has 0 aliphatic heterocycles. The number of imidazole rings is 1. The number of aromatic nitrogens is 2. The third kappa shape index (κ3) is 3.24. The van der Waals surface area contributed by atoms with E-state index in [9.17, 15) is 9.90 Å². The van der Waals surface area contributed by atoms with Crippen molar-refractivity contribution in [1.82, 2.24) is 14.7 Å². The molecule has 0 radical (unpaired) electrons. The summed E-state index contributed by atoms with van der Waals surface area (Å²) in [5.74, 6) is -0.588. The highest BCUT2D eigenvalue weighted by atomic mass is 16.4. The second-order valence-corrected chi connectivity index (χ2v) is 5.82. The Morgan fingerprint density at radius 2 is 2.24 bits per heavy atom. The molecule has 2 heterocycles. The van der Waals surface area contributed by atoms with Gasteiger partial charge >= 0.3 is 5.97 Å². The Balaban J connectivity index is 1.56. The fourth-order valence-electron chi connectivity index (χ4n) is 3.24. The Morgan fingerprint density at radius 1 is 1.38 bits per heavy atom. The predicted octanol–water partition coefficient (Wildman–Crippen LogP) is 2.31.